The fraction of sp³-hybridized carbons (Fsp3) is 0.973. The van der Waals surface area contributed by atoms with Gasteiger partial charge in [0.15, 0.2) is 0 Å². The molecule has 0 bridgehead atoms. The van der Waals surface area contributed by atoms with Crippen molar-refractivity contribution in [1.29, 1.82) is 5.41 Å². The van der Waals surface area contributed by atoms with Crippen molar-refractivity contribution in [3.05, 3.63) is 0 Å². The Kier molecular flexibility index (Phi) is 10.2. The summed E-state index contributed by atoms with van der Waals surface area (Å²) in [5.74, 6) is 5.07. The molecular formula is C37H65N5O2S. The van der Waals surface area contributed by atoms with E-state index >= 15 is 8.42 Å². The highest BCUT2D eigenvalue weighted by Crippen LogP contribution is 2.50. The van der Waals surface area contributed by atoms with E-state index < -0.39 is 15.4 Å². The van der Waals surface area contributed by atoms with Gasteiger partial charge >= 0.3 is 0 Å². The zero-order valence-corrected chi connectivity index (χ0v) is 29.0. The second-order valence-corrected chi connectivity index (χ2v) is 19.2. The van der Waals surface area contributed by atoms with Crippen molar-refractivity contribution in [2.45, 2.75) is 165 Å². The van der Waals surface area contributed by atoms with E-state index in [1.807, 2.05) is 0 Å². The van der Waals surface area contributed by atoms with Crippen LogP contribution >= 0.6 is 0 Å². The summed E-state index contributed by atoms with van der Waals surface area (Å²) in [5, 5.41) is 7.90. The van der Waals surface area contributed by atoms with Crippen molar-refractivity contribution in [2.24, 2.45) is 58.8 Å². The first-order valence-corrected chi connectivity index (χ1v) is 21.2. The topological polar surface area (TPSA) is 117 Å². The number of nitrogens with two attached hydrogens (primary N) is 2. The van der Waals surface area contributed by atoms with Gasteiger partial charge < -0.3 is 11.5 Å². The van der Waals surface area contributed by atoms with Gasteiger partial charge in [0.25, 0.3) is 0 Å². The maximum absolute atomic E-state index is 15.4. The molecule has 0 radical (unpaired) electrons. The lowest BCUT2D eigenvalue weighted by Gasteiger charge is -2.47. The number of nitrogens with zero attached hydrogens (tertiary/aromatic N) is 2. The van der Waals surface area contributed by atoms with Crippen LogP contribution in [0, 0.1) is 52.8 Å². The van der Waals surface area contributed by atoms with E-state index in [4.69, 9.17) is 16.9 Å². The molecule has 45 heavy (non-hydrogen) atoms. The van der Waals surface area contributed by atoms with E-state index in [-0.39, 0.29) is 24.0 Å². The lowest BCUT2D eigenvalue weighted by atomic mass is 9.65. The van der Waals surface area contributed by atoms with Crippen molar-refractivity contribution >= 4 is 15.9 Å². The summed E-state index contributed by atoms with van der Waals surface area (Å²) in [5.41, 5.74) is 12.5. The summed E-state index contributed by atoms with van der Waals surface area (Å²) in [6.45, 7) is 1.68. The van der Waals surface area contributed by atoms with Crippen LogP contribution in [0.4, 0.5) is 0 Å². The average Bonchev–Trinajstić information content (AvgIpc) is 3.42. The molecule has 0 amide bonds. The van der Waals surface area contributed by atoms with Crippen LogP contribution in [0.1, 0.15) is 141 Å². The smallest absolute Gasteiger partial charge is 0.230 e. The van der Waals surface area contributed by atoms with Gasteiger partial charge in [-0.3, -0.25) is 10.3 Å². The molecule has 7 nitrogen and oxygen atoms in total. The molecule has 0 spiro atoms. The second-order valence-electron chi connectivity index (χ2n) is 17.2. The molecular weight excluding hydrogens is 579 g/mol. The van der Waals surface area contributed by atoms with E-state index in [0.29, 0.717) is 29.5 Å². The second kappa shape index (κ2) is 14.0. The summed E-state index contributed by atoms with van der Waals surface area (Å²) < 4.78 is 33.0. The van der Waals surface area contributed by atoms with Crippen LogP contribution in [-0.2, 0) is 10.0 Å². The number of fused-ring (bicyclic) bond motifs is 3. The molecule has 7 fully saturated rings. The molecule has 1 heterocycles. The largest absolute Gasteiger partial charge is 0.387 e. The van der Waals surface area contributed by atoms with Crippen LogP contribution in [-0.4, -0.2) is 60.0 Å². The molecule has 0 aromatic rings. The third-order valence-corrected chi connectivity index (χ3v) is 17.1. The normalized spacial score (nSPS) is 44.6. The van der Waals surface area contributed by atoms with Crippen molar-refractivity contribution in [3.8, 4) is 0 Å². The number of hydrogen-bond acceptors (Lipinski definition) is 5. The van der Waals surface area contributed by atoms with E-state index in [1.54, 1.807) is 0 Å². The van der Waals surface area contributed by atoms with Crippen LogP contribution < -0.4 is 11.5 Å². The Morgan fingerprint density at radius 3 is 1.96 bits per heavy atom. The van der Waals surface area contributed by atoms with Crippen molar-refractivity contribution in [2.75, 3.05) is 13.1 Å². The van der Waals surface area contributed by atoms with Gasteiger partial charge in [-0.2, -0.15) is 4.31 Å². The molecule has 6 saturated carbocycles. The number of amidine groups is 1. The highest BCUT2D eigenvalue weighted by Gasteiger charge is 2.53. The summed E-state index contributed by atoms with van der Waals surface area (Å²) in [7, 11) is -3.55. The molecule has 8 heteroatoms. The van der Waals surface area contributed by atoms with Gasteiger partial charge in [0.05, 0.1) is 5.84 Å². The SMILES string of the molecule is N=C(N)C1CCC2CC(S(=O)(=O)N(CC3CCCC4CCCCC43)C3CCC(N)CC3)N(CC3CCCC4CCCCC43)C2C1. The number of rotatable bonds is 8. The van der Waals surface area contributed by atoms with Gasteiger partial charge in [0.2, 0.25) is 10.0 Å². The van der Waals surface area contributed by atoms with Crippen molar-refractivity contribution < 1.29 is 8.42 Å². The first-order chi connectivity index (χ1) is 21.8. The van der Waals surface area contributed by atoms with Gasteiger partial charge in [-0.05, 0) is 118 Å². The molecule has 5 N–H and O–H groups in total. The molecule has 7 rings (SSSR count). The zero-order chi connectivity index (χ0) is 31.1. The maximum atomic E-state index is 15.4. The van der Waals surface area contributed by atoms with Crippen LogP contribution in [0.15, 0.2) is 0 Å². The maximum Gasteiger partial charge on any atom is 0.230 e. The predicted molar refractivity (Wildman–Crippen MR) is 183 cm³/mol. The van der Waals surface area contributed by atoms with Crippen molar-refractivity contribution in [3.63, 3.8) is 0 Å². The molecule has 6 aliphatic carbocycles. The molecule has 0 aromatic carbocycles. The zero-order valence-electron chi connectivity index (χ0n) is 28.2. The Morgan fingerprint density at radius 1 is 0.689 bits per heavy atom. The Balaban J connectivity index is 1.19. The van der Waals surface area contributed by atoms with Gasteiger partial charge in [-0.15, -0.1) is 0 Å². The van der Waals surface area contributed by atoms with Crippen molar-refractivity contribution in [1.82, 2.24) is 9.21 Å². The Bertz CT molecular complexity index is 1120. The lowest BCUT2D eigenvalue weighted by molar-refractivity contribution is 0.0515. The highest BCUT2D eigenvalue weighted by molar-refractivity contribution is 7.89. The van der Waals surface area contributed by atoms with Crippen LogP contribution in [0.5, 0.6) is 0 Å². The molecule has 10 unspecified atom stereocenters. The standard InChI is InChI=1S/C37H65N5O2S/c38-31-17-19-32(20-18-31)42(24-30-12-6-10-26-8-2-4-14-34(26)30)45(43,44)36-22-27-15-16-28(37(39)40)21-35(27)41(36)23-29-11-5-9-25-7-1-3-13-33(25)29/h25-36H,1-24,38H2,(H3,39,40). The summed E-state index contributed by atoms with van der Waals surface area (Å²) >= 11 is 0. The quantitative estimate of drug-likeness (QED) is 0.198. The predicted octanol–water partition coefficient (Wildman–Crippen LogP) is 6.85. The molecule has 10 atom stereocenters. The van der Waals surface area contributed by atoms with Gasteiger partial charge in [0, 0.05) is 37.1 Å². The summed E-state index contributed by atoms with van der Waals surface area (Å²) in [6.07, 6.45) is 25.9. The summed E-state index contributed by atoms with van der Waals surface area (Å²) in [4.78, 5) is 2.54. The Morgan fingerprint density at radius 2 is 1.29 bits per heavy atom. The molecule has 1 aliphatic heterocycles. The third-order valence-electron chi connectivity index (χ3n) is 14.8. The Labute approximate surface area is 274 Å². The minimum atomic E-state index is -3.55. The fourth-order valence-electron chi connectivity index (χ4n) is 12.4. The van der Waals surface area contributed by atoms with E-state index in [9.17, 15) is 0 Å². The summed E-state index contributed by atoms with van der Waals surface area (Å²) in [6, 6.07) is 0.563. The minimum Gasteiger partial charge on any atom is -0.387 e. The minimum absolute atomic E-state index is 0.102. The van der Waals surface area contributed by atoms with E-state index in [2.05, 4.69) is 9.21 Å². The van der Waals surface area contributed by atoms with Crippen LogP contribution in [0.3, 0.4) is 0 Å². The van der Waals surface area contributed by atoms with Gasteiger partial charge in [0.1, 0.15) is 5.37 Å². The lowest BCUT2D eigenvalue weighted by Crippen LogP contribution is -2.55. The van der Waals surface area contributed by atoms with Gasteiger partial charge in [-0.1, -0.05) is 64.2 Å². The highest BCUT2D eigenvalue weighted by atomic mass is 32.2. The number of nitrogens with one attached hydrogen (secondary N) is 1. The van der Waals surface area contributed by atoms with Crippen LogP contribution in [0.25, 0.3) is 0 Å². The fourth-order valence-corrected chi connectivity index (χ4v) is 14.8. The van der Waals surface area contributed by atoms with Gasteiger partial charge in [-0.25, -0.2) is 8.42 Å². The van der Waals surface area contributed by atoms with E-state index in [0.717, 1.165) is 82.2 Å². The molecule has 1 saturated heterocycles. The van der Waals surface area contributed by atoms with E-state index in [1.165, 1.54) is 89.9 Å². The first kappa shape index (κ1) is 32.8. The van der Waals surface area contributed by atoms with Crippen LogP contribution in [0.2, 0.25) is 0 Å². The number of likely N-dealkylation sites (tertiary alicyclic amines) is 1. The third kappa shape index (κ3) is 6.79. The Hall–Kier alpha value is -0.700. The molecule has 256 valence electrons. The molecule has 7 aliphatic rings. The first-order valence-electron chi connectivity index (χ1n) is 19.7. The average molecular weight is 644 g/mol. The number of sulfonamides is 1. The molecule has 0 aromatic heterocycles. The number of hydrogen-bond donors (Lipinski definition) is 3. The monoisotopic (exact) mass is 643 g/mol.